The third kappa shape index (κ3) is 8.32. The van der Waals surface area contributed by atoms with Crippen LogP contribution in [0.15, 0.2) is 86.0 Å². The van der Waals surface area contributed by atoms with Crippen LogP contribution in [-0.2, 0) is 14.9 Å². The van der Waals surface area contributed by atoms with Gasteiger partial charge in [-0.25, -0.2) is 0 Å². The Labute approximate surface area is 232 Å². The van der Waals surface area contributed by atoms with Crippen molar-refractivity contribution >= 4 is 33.1 Å². The Hall–Kier alpha value is -4.36. The van der Waals surface area contributed by atoms with E-state index in [4.69, 9.17) is 25.5 Å². The van der Waals surface area contributed by atoms with Crippen LogP contribution in [0, 0.1) is 13.8 Å². The fourth-order valence-electron chi connectivity index (χ4n) is 3.64. The van der Waals surface area contributed by atoms with Crippen molar-refractivity contribution in [1.82, 2.24) is 0 Å². The highest BCUT2D eigenvalue weighted by atomic mass is 32.2. The number of carbonyl (C=O) groups is 1. The summed E-state index contributed by atoms with van der Waals surface area (Å²) in [5.41, 5.74) is 16.1. The lowest BCUT2D eigenvalue weighted by molar-refractivity contribution is 0.1000. The number of methoxy groups -OCH3 is 1. The van der Waals surface area contributed by atoms with Gasteiger partial charge in [-0.15, -0.1) is 0 Å². The van der Waals surface area contributed by atoms with Crippen LogP contribution in [0.3, 0.4) is 0 Å². The maximum absolute atomic E-state index is 11.4. The van der Waals surface area contributed by atoms with E-state index in [1.165, 1.54) is 7.11 Å². The zero-order valence-electron chi connectivity index (χ0n) is 22.7. The number of rotatable bonds is 11. The number of nitrogen functional groups attached to an aromatic ring is 1. The Morgan fingerprint density at radius 1 is 1.05 bits per heavy atom. The first-order chi connectivity index (χ1) is 18.9. The molecule has 212 valence electrons. The van der Waals surface area contributed by atoms with Gasteiger partial charge in [-0.3, -0.25) is 9.35 Å². The van der Waals surface area contributed by atoms with Crippen LogP contribution < -0.4 is 16.2 Å². The minimum absolute atomic E-state index is 0.0443. The van der Waals surface area contributed by atoms with Gasteiger partial charge >= 0.3 is 0 Å². The second-order valence-electron chi connectivity index (χ2n) is 9.07. The molecule has 0 saturated heterocycles. The van der Waals surface area contributed by atoms with Gasteiger partial charge in [0.2, 0.25) is 5.91 Å². The summed E-state index contributed by atoms with van der Waals surface area (Å²) in [5, 5.41) is 17.6. The third-order valence-electron chi connectivity index (χ3n) is 5.91. The SMILES string of the molecule is COC1=CC(N=Nc2ccc(C(N)=O)cc2C)=C(C)C=CC1N=Nc1cc(OCCCS(=O)(=O)O)c(N)cc1C. The quantitative estimate of drug-likeness (QED) is 0.142. The third-order valence-corrected chi connectivity index (χ3v) is 6.71. The average Bonchev–Trinajstić information content (AvgIpc) is 3.03. The van der Waals surface area contributed by atoms with E-state index in [2.05, 4.69) is 20.5 Å². The number of hydrogen-bond donors (Lipinski definition) is 3. The number of carbonyl (C=O) groups excluding carboxylic acids is 1. The van der Waals surface area contributed by atoms with Crippen LogP contribution in [0.4, 0.5) is 17.1 Å². The lowest BCUT2D eigenvalue weighted by Crippen LogP contribution is -2.10. The molecule has 0 radical (unpaired) electrons. The van der Waals surface area contributed by atoms with Gasteiger partial charge in [-0.2, -0.15) is 28.9 Å². The minimum atomic E-state index is -4.07. The molecule has 40 heavy (non-hydrogen) atoms. The highest BCUT2D eigenvalue weighted by Crippen LogP contribution is 2.32. The van der Waals surface area contributed by atoms with Crippen LogP contribution in [0.25, 0.3) is 0 Å². The lowest BCUT2D eigenvalue weighted by Gasteiger charge is -2.12. The fourth-order valence-corrected chi connectivity index (χ4v) is 4.12. The van der Waals surface area contributed by atoms with Crippen LogP contribution in [0.2, 0.25) is 0 Å². The molecule has 1 aliphatic rings. The van der Waals surface area contributed by atoms with E-state index in [9.17, 15) is 13.2 Å². The van der Waals surface area contributed by atoms with Gasteiger partial charge in [0.05, 0.1) is 42.2 Å². The molecule has 0 spiro atoms. The van der Waals surface area contributed by atoms with Crippen LogP contribution in [0.1, 0.15) is 34.8 Å². The molecular weight excluding hydrogens is 536 g/mol. The van der Waals surface area contributed by atoms with Gasteiger partial charge in [0, 0.05) is 17.7 Å². The highest BCUT2D eigenvalue weighted by Gasteiger charge is 2.17. The summed E-state index contributed by atoms with van der Waals surface area (Å²) in [6.45, 7) is 5.57. The predicted molar refractivity (Wildman–Crippen MR) is 152 cm³/mol. The molecule has 12 nitrogen and oxygen atoms in total. The Kier molecular flexibility index (Phi) is 9.91. The predicted octanol–water partition coefficient (Wildman–Crippen LogP) is 5.25. The number of benzene rings is 2. The molecule has 0 bridgehead atoms. The zero-order chi connectivity index (χ0) is 29.4. The normalized spacial score (nSPS) is 15.9. The summed E-state index contributed by atoms with van der Waals surface area (Å²) < 4.78 is 41.9. The Bertz CT molecular complexity index is 1540. The van der Waals surface area contributed by atoms with Crippen molar-refractivity contribution in [2.24, 2.45) is 26.2 Å². The highest BCUT2D eigenvalue weighted by molar-refractivity contribution is 7.85. The number of aryl methyl sites for hydroxylation is 2. The van der Waals surface area contributed by atoms with Gasteiger partial charge in [-0.05, 0) is 68.2 Å². The summed E-state index contributed by atoms with van der Waals surface area (Å²) in [4.78, 5) is 11.4. The van der Waals surface area contributed by atoms with Gasteiger partial charge in [0.25, 0.3) is 10.1 Å². The number of nitrogens with zero attached hydrogens (tertiary/aromatic N) is 4. The second kappa shape index (κ2) is 13.1. The van der Waals surface area contributed by atoms with Crippen LogP contribution in [0.5, 0.6) is 5.75 Å². The molecule has 3 rings (SSSR count). The smallest absolute Gasteiger partial charge is 0.264 e. The molecular formula is C27H32N6O6S. The van der Waals surface area contributed by atoms with Gasteiger partial charge in [-0.1, -0.05) is 12.2 Å². The molecule has 13 heteroatoms. The van der Waals surface area contributed by atoms with Crippen molar-refractivity contribution in [1.29, 1.82) is 0 Å². The molecule has 0 heterocycles. The minimum Gasteiger partial charge on any atom is -0.498 e. The van der Waals surface area contributed by atoms with Crippen LogP contribution >= 0.6 is 0 Å². The number of anilines is 1. The molecule has 1 unspecified atom stereocenters. The summed E-state index contributed by atoms with van der Waals surface area (Å²) in [6.07, 6.45) is 5.50. The average molecular weight is 569 g/mol. The molecule has 0 saturated carbocycles. The van der Waals surface area contributed by atoms with Crippen molar-refractivity contribution < 1.29 is 27.2 Å². The van der Waals surface area contributed by atoms with Gasteiger partial charge in [0.15, 0.2) is 0 Å². The Morgan fingerprint density at radius 3 is 2.42 bits per heavy atom. The van der Waals surface area contributed by atoms with E-state index in [1.807, 2.05) is 32.9 Å². The molecule has 0 aromatic heterocycles. The molecule has 0 aliphatic heterocycles. The molecule has 5 N–H and O–H groups in total. The van der Waals surface area contributed by atoms with Gasteiger partial charge in [0.1, 0.15) is 17.6 Å². The summed E-state index contributed by atoms with van der Waals surface area (Å²) >= 11 is 0. The monoisotopic (exact) mass is 568 g/mol. The van der Waals surface area contributed by atoms with Crippen molar-refractivity contribution in [3.05, 3.63) is 82.3 Å². The number of nitrogens with two attached hydrogens (primary N) is 2. The fraction of sp³-hybridized carbons (Fsp3) is 0.296. The molecule has 2 aromatic carbocycles. The number of primary amides is 1. The van der Waals surface area contributed by atoms with E-state index >= 15 is 0 Å². The summed E-state index contributed by atoms with van der Waals surface area (Å²) in [7, 11) is -2.54. The largest absolute Gasteiger partial charge is 0.498 e. The first-order valence-corrected chi connectivity index (χ1v) is 13.8. The van der Waals surface area contributed by atoms with Crippen molar-refractivity contribution in [2.75, 3.05) is 25.2 Å². The number of hydrogen-bond acceptors (Lipinski definition) is 10. The number of allylic oxidation sites excluding steroid dienone is 3. The van der Waals surface area contributed by atoms with E-state index in [-0.39, 0.29) is 13.0 Å². The molecule has 1 atom stereocenters. The number of amides is 1. The molecule has 0 fully saturated rings. The van der Waals surface area contributed by atoms with Gasteiger partial charge < -0.3 is 20.9 Å². The molecule has 1 amide bonds. The summed E-state index contributed by atoms with van der Waals surface area (Å²) in [5.74, 6) is -0.114. The standard InChI is InChI=1S/C27H32N6O6S/c1-16-6-8-22(26(38-4)15-23(16)32-30-21-9-7-19(27(29)34)12-17(21)2)31-33-24-14-25(20(28)13-18(24)3)39-10-5-11-40(35,36)37/h6-9,12-15,22H,5,10-11,28H2,1-4H3,(H2,29,34)(H,35,36,37). The van der Waals surface area contributed by atoms with Crippen molar-refractivity contribution in [3.8, 4) is 5.75 Å². The van der Waals surface area contributed by atoms with Crippen molar-refractivity contribution in [3.63, 3.8) is 0 Å². The number of azo groups is 2. The maximum Gasteiger partial charge on any atom is 0.264 e. The number of ether oxygens (including phenoxy) is 2. The summed E-state index contributed by atoms with van der Waals surface area (Å²) in [6, 6.07) is 7.69. The lowest BCUT2D eigenvalue weighted by atomic mass is 10.1. The van der Waals surface area contributed by atoms with Crippen molar-refractivity contribution in [2.45, 2.75) is 33.2 Å². The first-order valence-electron chi connectivity index (χ1n) is 12.2. The zero-order valence-corrected chi connectivity index (χ0v) is 23.5. The Morgan fingerprint density at radius 2 is 1.77 bits per heavy atom. The maximum atomic E-state index is 11.4. The molecule has 2 aromatic rings. The topological polar surface area (TPSA) is 191 Å². The van der Waals surface area contributed by atoms with E-state index in [0.29, 0.717) is 39.8 Å². The molecule has 1 aliphatic carbocycles. The van der Waals surface area contributed by atoms with E-state index in [1.54, 1.807) is 36.4 Å². The first kappa shape index (κ1) is 30.2. The van der Waals surface area contributed by atoms with E-state index < -0.39 is 27.8 Å². The van der Waals surface area contributed by atoms with E-state index in [0.717, 1.165) is 16.7 Å². The Balaban J connectivity index is 1.80. The second-order valence-corrected chi connectivity index (χ2v) is 10.6. The van der Waals surface area contributed by atoms with Crippen LogP contribution in [-0.4, -0.2) is 44.4 Å².